The number of H-pyrrole nitrogens is 1. The first-order chi connectivity index (χ1) is 9.74. The molecule has 2 aromatic rings. The van der Waals surface area contributed by atoms with Crippen molar-refractivity contribution in [2.24, 2.45) is 0 Å². The summed E-state index contributed by atoms with van der Waals surface area (Å²) >= 11 is 0. The zero-order valence-corrected chi connectivity index (χ0v) is 11.3. The van der Waals surface area contributed by atoms with E-state index in [4.69, 9.17) is 9.47 Å². The second kappa shape index (κ2) is 5.36. The van der Waals surface area contributed by atoms with Crippen molar-refractivity contribution in [2.45, 2.75) is 25.7 Å². The smallest absolute Gasteiger partial charge is 0.254 e. The minimum Gasteiger partial charge on any atom is -0.494 e. The summed E-state index contributed by atoms with van der Waals surface area (Å²) in [6, 6.07) is 8.65. The quantitative estimate of drug-likeness (QED) is 0.909. The molecule has 1 heterocycles. The van der Waals surface area contributed by atoms with E-state index in [2.05, 4.69) is 9.97 Å². The summed E-state index contributed by atoms with van der Waals surface area (Å²) in [7, 11) is 0. The van der Waals surface area contributed by atoms with Gasteiger partial charge in [-0.05, 0) is 31.9 Å². The SMILES string of the molecule is CCOc1cccc(Oc2cc(=O)[nH]c(C3CC3)n2)c1. The molecule has 0 atom stereocenters. The first kappa shape index (κ1) is 12.7. The second-order valence-corrected chi connectivity index (χ2v) is 4.75. The lowest BCUT2D eigenvalue weighted by atomic mass is 10.3. The van der Waals surface area contributed by atoms with E-state index in [0.29, 0.717) is 30.0 Å². The Kier molecular flexibility index (Phi) is 3.41. The van der Waals surface area contributed by atoms with Crippen LogP contribution < -0.4 is 15.0 Å². The van der Waals surface area contributed by atoms with Gasteiger partial charge in [-0.25, -0.2) is 0 Å². The van der Waals surface area contributed by atoms with E-state index < -0.39 is 0 Å². The monoisotopic (exact) mass is 272 g/mol. The Bertz CT molecular complexity index is 662. The van der Waals surface area contributed by atoms with Crippen molar-refractivity contribution in [1.82, 2.24) is 9.97 Å². The van der Waals surface area contributed by atoms with Crippen LogP contribution in [0.1, 0.15) is 31.5 Å². The molecule has 3 rings (SSSR count). The van der Waals surface area contributed by atoms with Crippen LogP contribution in [0.15, 0.2) is 35.1 Å². The highest BCUT2D eigenvalue weighted by Crippen LogP contribution is 2.38. The maximum Gasteiger partial charge on any atom is 0.254 e. The Morgan fingerprint density at radius 1 is 1.30 bits per heavy atom. The molecule has 1 N–H and O–H groups in total. The fourth-order valence-electron chi connectivity index (χ4n) is 1.97. The number of hydrogen-bond acceptors (Lipinski definition) is 4. The van der Waals surface area contributed by atoms with Gasteiger partial charge in [0.05, 0.1) is 12.7 Å². The molecule has 0 radical (unpaired) electrons. The number of ether oxygens (including phenoxy) is 2. The number of aromatic nitrogens is 2. The van der Waals surface area contributed by atoms with Gasteiger partial charge in [-0.3, -0.25) is 4.79 Å². The summed E-state index contributed by atoms with van der Waals surface area (Å²) in [5.74, 6) is 2.76. The van der Waals surface area contributed by atoms with Crippen molar-refractivity contribution < 1.29 is 9.47 Å². The highest BCUT2D eigenvalue weighted by atomic mass is 16.5. The minimum absolute atomic E-state index is 0.183. The van der Waals surface area contributed by atoms with Gasteiger partial charge in [0.15, 0.2) is 0 Å². The summed E-state index contributed by atoms with van der Waals surface area (Å²) in [5, 5.41) is 0. The van der Waals surface area contributed by atoms with Gasteiger partial charge in [0, 0.05) is 12.0 Å². The first-order valence-electron chi connectivity index (χ1n) is 6.76. The van der Waals surface area contributed by atoms with E-state index in [1.54, 1.807) is 6.07 Å². The van der Waals surface area contributed by atoms with E-state index in [1.807, 2.05) is 25.1 Å². The standard InChI is InChI=1S/C15H16N2O3/c1-2-19-11-4-3-5-12(8-11)20-14-9-13(18)16-15(17-14)10-6-7-10/h3-5,8-10H,2,6-7H2,1H3,(H,16,17,18). The fraction of sp³-hybridized carbons (Fsp3) is 0.333. The Balaban J connectivity index is 1.83. The maximum atomic E-state index is 11.6. The lowest BCUT2D eigenvalue weighted by Crippen LogP contribution is -2.10. The van der Waals surface area contributed by atoms with E-state index >= 15 is 0 Å². The van der Waals surface area contributed by atoms with Crippen LogP contribution in [0.2, 0.25) is 0 Å². The van der Waals surface area contributed by atoms with Crippen LogP contribution in [0.25, 0.3) is 0 Å². The Morgan fingerprint density at radius 3 is 2.85 bits per heavy atom. The number of hydrogen-bond donors (Lipinski definition) is 1. The van der Waals surface area contributed by atoms with E-state index in [1.165, 1.54) is 6.07 Å². The molecule has 0 aliphatic heterocycles. The van der Waals surface area contributed by atoms with Crippen molar-refractivity contribution in [1.29, 1.82) is 0 Å². The number of rotatable bonds is 5. The van der Waals surface area contributed by atoms with Crippen LogP contribution in [-0.4, -0.2) is 16.6 Å². The molecule has 1 saturated carbocycles. The van der Waals surface area contributed by atoms with Crippen LogP contribution in [0.5, 0.6) is 17.4 Å². The molecule has 20 heavy (non-hydrogen) atoms. The molecule has 1 aromatic heterocycles. The largest absolute Gasteiger partial charge is 0.494 e. The fourth-order valence-corrected chi connectivity index (χ4v) is 1.97. The molecule has 0 bridgehead atoms. The van der Waals surface area contributed by atoms with E-state index in [9.17, 15) is 4.79 Å². The maximum absolute atomic E-state index is 11.6. The topological polar surface area (TPSA) is 64.2 Å². The summed E-state index contributed by atoms with van der Waals surface area (Å²) in [6.07, 6.45) is 2.15. The van der Waals surface area contributed by atoms with Crippen LogP contribution in [0, 0.1) is 0 Å². The van der Waals surface area contributed by atoms with Gasteiger partial charge in [-0.15, -0.1) is 0 Å². The highest BCUT2D eigenvalue weighted by molar-refractivity contribution is 5.35. The number of benzene rings is 1. The third-order valence-corrected chi connectivity index (χ3v) is 3.04. The van der Waals surface area contributed by atoms with Crippen LogP contribution in [0.4, 0.5) is 0 Å². The Hall–Kier alpha value is -2.30. The molecule has 1 fully saturated rings. The zero-order chi connectivity index (χ0) is 13.9. The summed E-state index contributed by atoms with van der Waals surface area (Å²) in [4.78, 5) is 18.7. The zero-order valence-electron chi connectivity index (χ0n) is 11.3. The van der Waals surface area contributed by atoms with Gasteiger partial charge < -0.3 is 14.5 Å². The van der Waals surface area contributed by atoms with Gasteiger partial charge in [-0.1, -0.05) is 6.07 Å². The molecule has 0 amide bonds. The molecule has 1 aliphatic rings. The highest BCUT2D eigenvalue weighted by Gasteiger charge is 2.26. The lowest BCUT2D eigenvalue weighted by Gasteiger charge is -2.08. The second-order valence-electron chi connectivity index (χ2n) is 4.75. The van der Waals surface area contributed by atoms with Crippen LogP contribution in [-0.2, 0) is 0 Å². The average Bonchev–Trinajstić information content (AvgIpc) is 3.23. The Morgan fingerprint density at radius 2 is 2.10 bits per heavy atom. The molecule has 0 saturated heterocycles. The van der Waals surface area contributed by atoms with Crippen molar-refractivity contribution in [3.05, 3.63) is 46.5 Å². The third kappa shape index (κ3) is 2.99. The molecule has 5 nitrogen and oxygen atoms in total. The van der Waals surface area contributed by atoms with Crippen LogP contribution >= 0.6 is 0 Å². The molecular formula is C15H16N2O3. The van der Waals surface area contributed by atoms with Gasteiger partial charge in [-0.2, -0.15) is 4.98 Å². The molecular weight excluding hydrogens is 256 g/mol. The molecule has 0 spiro atoms. The van der Waals surface area contributed by atoms with Crippen LogP contribution in [0.3, 0.4) is 0 Å². The summed E-state index contributed by atoms with van der Waals surface area (Å²) < 4.78 is 11.1. The van der Waals surface area contributed by atoms with Gasteiger partial charge in [0.1, 0.15) is 17.3 Å². The van der Waals surface area contributed by atoms with Crippen molar-refractivity contribution in [3.63, 3.8) is 0 Å². The first-order valence-corrected chi connectivity index (χ1v) is 6.76. The molecule has 104 valence electrons. The predicted molar refractivity (Wildman–Crippen MR) is 74.5 cm³/mol. The lowest BCUT2D eigenvalue weighted by molar-refractivity contribution is 0.338. The Labute approximate surface area is 116 Å². The average molecular weight is 272 g/mol. The van der Waals surface area contributed by atoms with Crippen molar-refractivity contribution in [2.75, 3.05) is 6.61 Å². The molecule has 0 unspecified atom stereocenters. The number of nitrogens with one attached hydrogen (secondary N) is 1. The van der Waals surface area contributed by atoms with Gasteiger partial charge in [0.25, 0.3) is 5.56 Å². The normalized spacial score (nSPS) is 14.1. The summed E-state index contributed by atoms with van der Waals surface area (Å²) in [6.45, 7) is 2.52. The number of nitrogens with zero attached hydrogens (tertiary/aromatic N) is 1. The summed E-state index contributed by atoms with van der Waals surface area (Å²) in [5.41, 5.74) is -0.183. The predicted octanol–water partition coefficient (Wildman–Crippen LogP) is 2.84. The van der Waals surface area contributed by atoms with E-state index in [0.717, 1.165) is 18.6 Å². The number of aromatic amines is 1. The van der Waals surface area contributed by atoms with Crippen molar-refractivity contribution >= 4 is 0 Å². The third-order valence-electron chi connectivity index (χ3n) is 3.04. The minimum atomic E-state index is -0.183. The van der Waals surface area contributed by atoms with Gasteiger partial charge in [0.2, 0.25) is 5.88 Å². The van der Waals surface area contributed by atoms with Crippen molar-refractivity contribution in [3.8, 4) is 17.4 Å². The van der Waals surface area contributed by atoms with Gasteiger partial charge >= 0.3 is 0 Å². The van der Waals surface area contributed by atoms with E-state index in [-0.39, 0.29) is 5.56 Å². The molecule has 1 aliphatic carbocycles. The molecule has 5 heteroatoms. The molecule has 1 aromatic carbocycles.